The lowest BCUT2D eigenvalue weighted by Gasteiger charge is -2.16. The molecule has 17 heavy (non-hydrogen) atoms. The van der Waals surface area contributed by atoms with Crippen LogP contribution in [-0.4, -0.2) is 40.1 Å². The van der Waals surface area contributed by atoms with Gasteiger partial charge in [-0.05, 0) is 6.42 Å². The van der Waals surface area contributed by atoms with Crippen LogP contribution in [0.3, 0.4) is 0 Å². The largest absolute Gasteiger partial charge is 0.481 e. The molecule has 0 bridgehead atoms. The molecule has 0 aliphatic carbocycles. The van der Waals surface area contributed by atoms with Gasteiger partial charge in [-0.25, -0.2) is 4.79 Å². The fourth-order valence-corrected chi connectivity index (χ4v) is 2.28. The molecule has 0 saturated carbocycles. The van der Waals surface area contributed by atoms with Gasteiger partial charge in [-0.3, -0.25) is 9.78 Å². The molecule has 92 valence electrons. The van der Waals surface area contributed by atoms with Gasteiger partial charge in [-0.15, -0.1) is 11.3 Å². The van der Waals surface area contributed by atoms with E-state index < -0.39 is 11.9 Å². The van der Waals surface area contributed by atoms with Gasteiger partial charge in [0.2, 0.25) is 0 Å². The van der Waals surface area contributed by atoms with Crippen LogP contribution in [0, 0.1) is 5.92 Å². The lowest BCUT2D eigenvalue weighted by Crippen LogP contribution is -2.38. The van der Waals surface area contributed by atoms with E-state index in [1.54, 1.807) is 16.6 Å². The number of nitrogens with zero attached hydrogens (tertiary/aromatic N) is 2. The third-order valence-electron chi connectivity index (χ3n) is 2.72. The Morgan fingerprint density at radius 3 is 3.06 bits per heavy atom. The molecule has 2 heterocycles. The van der Waals surface area contributed by atoms with Crippen molar-refractivity contribution in [1.82, 2.24) is 15.2 Å². The van der Waals surface area contributed by atoms with E-state index in [0.29, 0.717) is 26.1 Å². The summed E-state index contributed by atoms with van der Waals surface area (Å²) in [5, 5.41) is 11.6. The average Bonchev–Trinajstić information content (AvgIpc) is 2.96. The smallest absolute Gasteiger partial charge is 0.317 e. The minimum absolute atomic E-state index is 0.206. The highest BCUT2D eigenvalue weighted by Gasteiger charge is 2.30. The zero-order valence-electron chi connectivity index (χ0n) is 9.13. The molecule has 1 aliphatic heterocycles. The van der Waals surface area contributed by atoms with Gasteiger partial charge in [0.05, 0.1) is 18.0 Å². The second kappa shape index (κ2) is 5.13. The average molecular weight is 255 g/mol. The molecule has 0 radical (unpaired) electrons. The van der Waals surface area contributed by atoms with E-state index in [-0.39, 0.29) is 6.03 Å². The van der Waals surface area contributed by atoms with Crippen molar-refractivity contribution in [2.75, 3.05) is 13.1 Å². The fraction of sp³-hybridized carbons (Fsp3) is 0.500. The zero-order chi connectivity index (χ0) is 12.3. The van der Waals surface area contributed by atoms with E-state index in [0.717, 1.165) is 4.88 Å². The number of likely N-dealkylation sites (tertiary alicyclic amines) is 1. The van der Waals surface area contributed by atoms with Crippen LogP contribution >= 0.6 is 11.3 Å². The van der Waals surface area contributed by atoms with Crippen LogP contribution in [0.25, 0.3) is 0 Å². The van der Waals surface area contributed by atoms with Gasteiger partial charge < -0.3 is 15.3 Å². The summed E-state index contributed by atoms with van der Waals surface area (Å²) in [6.07, 6.45) is 2.23. The summed E-state index contributed by atoms with van der Waals surface area (Å²) in [7, 11) is 0. The van der Waals surface area contributed by atoms with Gasteiger partial charge in [0.15, 0.2) is 0 Å². The van der Waals surface area contributed by atoms with Crippen molar-refractivity contribution >= 4 is 23.3 Å². The van der Waals surface area contributed by atoms with Gasteiger partial charge in [0, 0.05) is 24.2 Å². The summed E-state index contributed by atoms with van der Waals surface area (Å²) in [5.74, 6) is -1.26. The van der Waals surface area contributed by atoms with Crippen LogP contribution in [-0.2, 0) is 11.3 Å². The second-order valence-electron chi connectivity index (χ2n) is 3.90. The van der Waals surface area contributed by atoms with E-state index in [4.69, 9.17) is 5.11 Å². The van der Waals surface area contributed by atoms with Crippen molar-refractivity contribution in [3.05, 3.63) is 16.6 Å². The molecule has 2 rings (SSSR count). The molecule has 2 N–H and O–H groups in total. The molecule has 1 fully saturated rings. The molecule has 1 aliphatic rings. The number of amides is 2. The van der Waals surface area contributed by atoms with Crippen molar-refractivity contribution in [1.29, 1.82) is 0 Å². The number of carboxylic acid groups (broad SMARTS) is 1. The molecule has 2 amide bonds. The minimum atomic E-state index is -0.831. The lowest BCUT2D eigenvalue weighted by molar-refractivity contribution is -0.141. The highest BCUT2D eigenvalue weighted by atomic mass is 32.1. The summed E-state index contributed by atoms with van der Waals surface area (Å²) in [6, 6.07) is -0.206. The summed E-state index contributed by atoms with van der Waals surface area (Å²) in [6.45, 7) is 1.24. The predicted octanol–water partition coefficient (Wildman–Crippen LogP) is 0.759. The number of nitrogens with one attached hydrogen (secondary N) is 1. The summed E-state index contributed by atoms with van der Waals surface area (Å²) < 4.78 is 0. The lowest BCUT2D eigenvalue weighted by atomic mass is 10.1. The Kier molecular flexibility index (Phi) is 3.58. The maximum absolute atomic E-state index is 11.7. The number of aliphatic carboxylic acids is 1. The number of aromatic nitrogens is 1. The Balaban J connectivity index is 1.79. The van der Waals surface area contributed by atoms with Crippen LogP contribution in [0.4, 0.5) is 4.79 Å². The molecular weight excluding hydrogens is 242 g/mol. The Bertz CT molecular complexity index is 407. The SMILES string of the molecule is O=C(O)C1CCN(C(=O)NCc2cncs2)C1. The zero-order valence-corrected chi connectivity index (χ0v) is 9.94. The fourth-order valence-electron chi connectivity index (χ4n) is 1.75. The van der Waals surface area contributed by atoms with Gasteiger partial charge in [0.25, 0.3) is 0 Å². The number of hydrogen-bond acceptors (Lipinski definition) is 4. The van der Waals surface area contributed by atoms with E-state index in [2.05, 4.69) is 10.3 Å². The molecule has 1 aromatic heterocycles. The quantitative estimate of drug-likeness (QED) is 0.835. The van der Waals surface area contributed by atoms with Crippen LogP contribution in [0.2, 0.25) is 0 Å². The highest BCUT2D eigenvalue weighted by Crippen LogP contribution is 2.16. The van der Waals surface area contributed by atoms with Crippen LogP contribution in [0.15, 0.2) is 11.7 Å². The minimum Gasteiger partial charge on any atom is -0.481 e. The number of rotatable bonds is 3. The standard InChI is InChI=1S/C10H13N3O3S/c14-9(15)7-1-2-13(5-7)10(16)12-4-8-3-11-6-17-8/h3,6-7H,1-2,4-5H2,(H,12,16)(H,14,15). The first-order valence-electron chi connectivity index (χ1n) is 5.30. The van der Waals surface area contributed by atoms with Crippen molar-refractivity contribution in [2.45, 2.75) is 13.0 Å². The molecule has 1 aromatic rings. The van der Waals surface area contributed by atoms with Crippen LogP contribution < -0.4 is 5.32 Å². The van der Waals surface area contributed by atoms with Crippen molar-refractivity contribution in [3.8, 4) is 0 Å². The summed E-state index contributed by atoms with van der Waals surface area (Å²) in [5.41, 5.74) is 1.71. The first kappa shape index (κ1) is 11.8. The molecule has 7 heteroatoms. The Labute approximate surface area is 102 Å². The van der Waals surface area contributed by atoms with Gasteiger partial charge >= 0.3 is 12.0 Å². The van der Waals surface area contributed by atoms with E-state index in [1.165, 1.54) is 11.3 Å². The van der Waals surface area contributed by atoms with Crippen molar-refractivity contribution < 1.29 is 14.7 Å². The highest BCUT2D eigenvalue weighted by molar-refractivity contribution is 7.09. The predicted molar refractivity (Wildman–Crippen MR) is 61.7 cm³/mol. The Morgan fingerprint density at radius 1 is 1.65 bits per heavy atom. The third-order valence-corrected chi connectivity index (χ3v) is 3.50. The van der Waals surface area contributed by atoms with Gasteiger partial charge in [-0.1, -0.05) is 0 Å². The summed E-state index contributed by atoms with van der Waals surface area (Å²) >= 11 is 1.47. The topological polar surface area (TPSA) is 82.5 Å². The van der Waals surface area contributed by atoms with E-state index in [9.17, 15) is 9.59 Å². The first-order valence-corrected chi connectivity index (χ1v) is 6.17. The summed E-state index contributed by atoms with van der Waals surface area (Å²) in [4.78, 5) is 28.9. The second-order valence-corrected chi connectivity index (χ2v) is 4.87. The number of thiazole rings is 1. The van der Waals surface area contributed by atoms with Gasteiger partial charge in [0.1, 0.15) is 0 Å². The van der Waals surface area contributed by atoms with Crippen LogP contribution in [0.1, 0.15) is 11.3 Å². The molecule has 1 saturated heterocycles. The Hall–Kier alpha value is -1.63. The van der Waals surface area contributed by atoms with Crippen molar-refractivity contribution in [2.24, 2.45) is 5.92 Å². The van der Waals surface area contributed by atoms with E-state index >= 15 is 0 Å². The number of urea groups is 1. The monoisotopic (exact) mass is 255 g/mol. The van der Waals surface area contributed by atoms with E-state index in [1.807, 2.05) is 0 Å². The Morgan fingerprint density at radius 2 is 2.47 bits per heavy atom. The molecule has 1 unspecified atom stereocenters. The molecule has 0 aromatic carbocycles. The van der Waals surface area contributed by atoms with Crippen LogP contribution in [0.5, 0.6) is 0 Å². The maximum Gasteiger partial charge on any atom is 0.317 e. The first-order chi connectivity index (χ1) is 8.16. The normalized spacial score (nSPS) is 19.3. The van der Waals surface area contributed by atoms with Crippen molar-refractivity contribution in [3.63, 3.8) is 0 Å². The molecule has 1 atom stereocenters. The molecular formula is C10H13N3O3S. The number of carbonyl (C=O) groups is 2. The number of hydrogen-bond donors (Lipinski definition) is 2. The molecule has 6 nitrogen and oxygen atoms in total. The maximum atomic E-state index is 11.7. The number of carbonyl (C=O) groups excluding carboxylic acids is 1. The molecule has 0 spiro atoms. The third kappa shape index (κ3) is 2.94. The van der Waals surface area contributed by atoms with Gasteiger partial charge in [-0.2, -0.15) is 0 Å². The number of carboxylic acids is 1.